The summed E-state index contributed by atoms with van der Waals surface area (Å²) in [6.07, 6.45) is -4.75. The third-order valence-electron chi connectivity index (χ3n) is 2.05. The topological polar surface area (TPSA) is 69.4 Å². The van der Waals surface area contributed by atoms with Gasteiger partial charge in [0.15, 0.2) is 6.29 Å². The van der Waals surface area contributed by atoms with Crippen molar-refractivity contribution >= 4 is 12.2 Å². The van der Waals surface area contributed by atoms with Crippen LogP contribution < -0.4 is 10.5 Å². The molecule has 0 aliphatic rings. The fourth-order valence-electron chi connectivity index (χ4n) is 1.34. The minimum atomic E-state index is -4.75. The molecule has 0 spiro atoms. The quantitative estimate of drug-likeness (QED) is 0.825. The molecule has 0 radical (unpaired) electrons. The highest BCUT2D eigenvalue weighted by Gasteiger charge is 2.37. The highest BCUT2D eigenvalue weighted by Crippen LogP contribution is 2.38. The average molecular weight is 247 g/mol. The van der Waals surface area contributed by atoms with Gasteiger partial charge in [0, 0.05) is 11.1 Å². The molecule has 0 aromatic heterocycles. The number of aldehydes is 1. The van der Waals surface area contributed by atoms with Crippen LogP contribution in [-0.4, -0.2) is 19.3 Å². The molecule has 2 N–H and O–H groups in total. The highest BCUT2D eigenvalue weighted by molar-refractivity contribution is 5.95. The van der Waals surface area contributed by atoms with Gasteiger partial charge in [-0.2, -0.15) is 13.2 Å². The van der Waals surface area contributed by atoms with E-state index < -0.39 is 29.0 Å². The van der Waals surface area contributed by atoms with E-state index in [9.17, 15) is 22.8 Å². The Bertz CT molecular complexity index is 469. The molecule has 1 aromatic carbocycles. The lowest BCUT2D eigenvalue weighted by Gasteiger charge is -2.14. The molecule has 17 heavy (non-hydrogen) atoms. The summed E-state index contributed by atoms with van der Waals surface area (Å²) in [5.74, 6) is -1.56. The number of hydrogen-bond acceptors (Lipinski definition) is 3. The maximum Gasteiger partial charge on any atom is 0.420 e. The Labute approximate surface area is 94.2 Å². The summed E-state index contributed by atoms with van der Waals surface area (Å²) in [7, 11) is 1.00. The van der Waals surface area contributed by atoms with Crippen molar-refractivity contribution in [2.45, 2.75) is 6.18 Å². The predicted molar refractivity (Wildman–Crippen MR) is 51.9 cm³/mol. The van der Waals surface area contributed by atoms with Gasteiger partial charge in [-0.15, -0.1) is 0 Å². The van der Waals surface area contributed by atoms with Crippen molar-refractivity contribution < 1.29 is 27.5 Å². The third-order valence-corrected chi connectivity index (χ3v) is 2.05. The fraction of sp³-hybridized carbons (Fsp3) is 0.200. The lowest BCUT2D eigenvalue weighted by molar-refractivity contribution is -0.139. The van der Waals surface area contributed by atoms with Gasteiger partial charge in [0.25, 0.3) is 0 Å². The van der Waals surface area contributed by atoms with Crippen LogP contribution in [0.5, 0.6) is 5.75 Å². The molecule has 1 rings (SSSR count). The number of rotatable bonds is 3. The predicted octanol–water partition coefficient (Wildman–Crippen LogP) is 1.63. The maximum atomic E-state index is 12.7. The maximum absolute atomic E-state index is 12.7. The normalized spacial score (nSPS) is 11.1. The SMILES string of the molecule is COc1cc(C(N)=O)cc(C=O)c1C(F)(F)F. The van der Waals surface area contributed by atoms with Gasteiger partial charge in [0.1, 0.15) is 11.3 Å². The summed E-state index contributed by atoms with van der Waals surface area (Å²) in [6.45, 7) is 0. The van der Waals surface area contributed by atoms with Gasteiger partial charge < -0.3 is 10.5 Å². The summed E-state index contributed by atoms with van der Waals surface area (Å²) in [5, 5.41) is 0. The van der Waals surface area contributed by atoms with E-state index in [1.165, 1.54) is 0 Å². The molecule has 4 nitrogen and oxygen atoms in total. The summed E-state index contributed by atoms with van der Waals surface area (Å²) < 4.78 is 42.5. The van der Waals surface area contributed by atoms with E-state index >= 15 is 0 Å². The van der Waals surface area contributed by atoms with Gasteiger partial charge in [-0.1, -0.05) is 0 Å². The molecular weight excluding hydrogens is 239 g/mol. The summed E-state index contributed by atoms with van der Waals surface area (Å²) in [4.78, 5) is 21.5. The first-order chi connectivity index (χ1) is 7.81. The van der Waals surface area contributed by atoms with E-state index in [4.69, 9.17) is 5.73 Å². The van der Waals surface area contributed by atoms with Gasteiger partial charge >= 0.3 is 6.18 Å². The van der Waals surface area contributed by atoms with Crippen molar-refractivity contribution in [3.63, 3.8) is 0 Å². The summed E-state index contributed by atoms with van der Waals surface area (Å²) in [6, 6.07) is 1.62. The first-order valence-corrected chi connectivity index (χ1v) is 4.35. The minimum absolute atomic E-state index is 0.00220. The van der Waals surface area contributed by atoms with Crippen molar-refractivity contribution in [1.29, 1.82) is 0 Å². The van der Waals surface area contributed by atoms with E-state index in [2.05, 4.69) is 4.74 Å². The zero-order valence-electron chi connectivity index (χ0n) is 8.67. The number of hydrogen-bond donors (Lipinski definition) is 1. The Morgan fingerprint density at radius 3 is 2.35 bits per heavy atom. The first-order valence-electron chi connectivity index (χ1n) is 4.35. The van der Waals surface area contributed by atoms with Crippen molar-refractivity contribution in [2.75, 3.05) is 7.11 Å². The zero-order valence-corrected chi connectivity index (χ0v) is 8.67. The zero-order chi connectivity index (χ0) is 13.2. The largest absolute Gasteiger partial charge is 0.496 e. The molecule has 0 atom stereocenters. The fourth-order valence-corrected chi connectivity index (χ4v) is 1.34. The number of primary amides is 1. The molecule has 0 unspecified atom stereocenters. The summed E-state index contributed by atoms with van der Waals surface area (Å²) >= 11 is 0. The van der Waals surface area contributed by atoms with Gasteiger partial charge in [-0.05, 0) is 12.1 Å². The Morgan fingerprint density at radius 1 is 1.41 bits per heavy atom. The summed E-state index contributed by atoms with van der Waals surface area (Å²) in [5.41, 5.74) is 2.79. The number of carbonyl (C=O) groups excluding carboxylic acids is 2. The number of ether oxygens (including phenoxy) is 1. The van der Waals surface area contributed by atoms with Crippen LogP contribution in [0.2, 0.25) is 0 Å². The standard InChI is InChI=1S/C10H8F3NO3/c1-17-7-3-5(9(14)16)2-6(4-15)8(7)10(11,12)13/h2-4H,1H3,(H2,14,16). The van der Waals surface area contributed by atoms with Gasteiger partial charge in [0.2, 0.25) is 5.91 Å². The van der Waals surface area contributed by atoms with E-state index in [0.717, 1.165) is 19.2 Å². The van der Waals surface area contributed by atoms with Crippen LogP contribution in [0, 0.1) is 0 Å². The van der Waals surface area contributed by atoms with Crippen LogP contribution in [0.3, 0.4) is 0 Å². The number of carbonyl (C=O) groups is 2. The second-order valence-corrected chi connectivity index (χ2v) is 3.12. The molecule has 92 valence electrons. The van der Waals surface area contributed by atoms with Crippen LogP contribution in [0.25, 0.3) is 0 Å². The number of amides is 1. The molecule has 0 heterocycles. The van der Waals surface area contributed by atoms with Crippen LogP contribution in [-0.2, 0) is 6.18 Å². The molecule has 0 aliphatic carbocycles. The van der Waals surface area contributed by atoms with Crippen molar-refractivity contribution in [1.82, 2.24) is 0 Å². The molecular formula is C10H8F3NO3. The van der Waals surface area contributed by atoms with Gasteiger partial charge in [-0.3, -0.25) is 9.59 Å². The molecule has 1 aromatic rings. The van der Waals surface area contributed by atoms with Crippen molar-refractivity contribution in [3.05, 3.63) is 28.8 Å². The average Bonchev–Trinajstić information content (AvgIpc) is 2.25. The monoisotopic (exact) mass is 247 g/mol. The van der Waals surface area contributed by atoms with Crippen LogP contribution in [0.4, 0.5) is 13.2 Å². The van der Waals surface area contributed by atoms with Crippen LogP contribution in [0.15, 0.2) is 12.1 Å². The minimum Gasteiger partial charge on any atom is -0.496 e. The number of benzene rings is 1. The van der Waals surface area contributed by atoms with E-state index in [1.54, 1.807) is 0 Å². The molecule has 7 heteroatoms. The Hall–Kier alpha value is -2.05. The lowest BCUT2D eigenvalue weighted by Crippen LogP contribution is -2.16. The molecule has 0 saturated heterocycles. The molecule has 0 aliphatic heterocycles. The van der Waals surface area contributed by atoms with E-state index in [-0.39, 0.29) is 11.8 Å². The second kappa shape index (κ2) is 4.44. The van der Waals surface area contributed by atoms with Crippen molar-refractivity contribution in [3.8, 4) is 5.75 Å². The number of nitrogens with two attached hydrogens (primary N) is 1. The first kappa shape index (κ1) is 13.0. The van der Waals surface area contributed by atoms with Crippen LogP contribution in [0.1, 0.15) is 26.3 Å². The smallest absolute Gasteiger partial charge is 0.420 e. The molecule has 1 amide bonds. The van der Waals surface area contributed by atoms with Gasteiger partial charge in [0.05, 0.1) is 7.11 Å². The number of halogens is 3. The molecule has 0 bridgehead atoms. The van der Waals surface area contributed by atoms with E-state index in [0.29, 0.717) is 0 Å². The van der Waals surface area contributed by atoms with Crippen LogP contribution >= 0.6 is 0 Å². The Kier molecular flexibility index (Phi) is 3.40. The lowest BCUT2D eigenvalue weighted by atomic mass is 10.0. The van der Waals surface area contributed by atoms with E-state index in [1.807, 2.05) is 0 Å². The Morgan fingerprint density at radius 2 is 2.00 bits per heavy atom. The second-order valence-electron chi connectivity index (χ2n) is 3.12. The molecule has 0 fully saturated rings. The molecule has 0 saturated carbocycles. The highest BCUT2D eigenvalue weighted by atomic mass is 19.4. The van der Waals surface area contributed by atoms with Gasteiger partial charge in [-0.25, -0.2) is 0 Å². The number of alkyl halides is 3. The Balaban J connectivity index is 3.59. The number of methoxy groups -OCH3 is 1. The van der Waals surface area contributed by atoms with Crippen molar-refractivity contribution in [2.24, 2.45) is 5.73 Å². The third kappa shape index (κ3) is 2.55.